The maximum atomic E-state index is 3.98. The van der Waals surface area contributed by atoms with Gasteiger partial charge in [0.15, 0.2) is 5.51 Å². The molecule has 1 aliphatic heterocycles. The third kappa shape index (κ3) is 2.53. The van der Waals surface area contributed by atoms with Crippen LogP contribution in [0.1, 0.15) is 11.8 Å². The van der Waals surface area contributed by atoms with E-state index >= 15 is 0 Å². The van der Waals surface area contributed by atoms with Crippen LogP contribution in [0.5, 0.6) is 0 Å². The van der Waals surface area contributed by atoms with Crippen LogP contribution in [-0.2, 0) is 6.54 Å². The molecule has 0 unspecified atom stereocenters. The highest BCUT2D eigenvalue weighted by Crippen LogP contribution is 2.10. The standard InChI is InChI=1S/C10H16N3S/c1-2-12-3-5-13(6-4-12)8-10-7-11-9-14-10/h7H,2-6,8H2,1H3. The van der Waals surface area contributed by atoms with Gasteiger partial charge in [0.05, 0.1) is 0 Å². The van der Waals surface area contributed by atoms with E-state index in [0.29, 0.717) is 0 Å². The lowest BCUT2D eigenvalue weighted by molar-refractivity contribution is 0.133. The second-order valence-corrected chi connectivity index (χ2v) is 4.54. The molecular formula is C10H16N3S. The number of nitrogens with zero attached hydrogens (tertiary/aromatic N) is 3. The molecule has 1 aliphatic rings. The maximum absolute atomic E-state index is 3.98. The lowest BCUT2D eigenvalue weighted by atomic mass is 10.3. The Kier molecular flexibility index (Phi) is 3.50. The second kappa shape index (κ2) is 4.87. The van der Waals surface area contributed by atoms with E-state index in [0.717, 1.165) is 6.54 Å². The molecular weight excluding hydrogens is 194 g/mol. The molecule has 2 heterocycles. The van der Waals surface area contributed by atoms with Gasteiger partial charge in [0.1, 0.15) is 0 Å². The van der Waals surface area contributed by atoms with E-state index in [2.05, 4.69) is 27.2 Å². The van der Waals surface area contributed by atoms with Crippen molar-refractivity contribution in [3.63, 3.8) is 0 Å². The minimum atomic E-state index is 1.05. The SMILES string of the molecule is CCN1CCN(Cc2cn[c]s2)CC1. The fourth-order valence-electron chi connectivity index (χ4n) is 1.77. The Bertz CT molecular complexity index is 252. The molecule has 0 spiro atoms. The molecule has 2 rings (SSSR count). The second-order valence-electron chi connectivity index (χ2n) is 3.63. The predicted molar refractivity (Wildman–Crippen MR) is 58.3 cm³/mol. The van der Waals surface area contributed by atoms with Gasteiger partial charge in [-0.05, 0) is 6.54 Å². The highest BCUT2D eigenvalue weighted by molar-refractivity contribution is 7.09. The molecule has 1 aromatic rings. The molecule has 0 aromatic carbocycles. The topological polar surface area (TPSA) is 19.4 Å². The van der Waals surface area contributed by atoms with Gasteiger partial charge in [-0.25, -0.2) is 4.98 Å². The van der Waals surface area contributed by atoms with Crippen molar-refractivity contribution in [2.75, 3.05) is 32.7 Å². The molecule has 0 amide bonds. The Labute approximate surface area is 89.4 Å². The molecule has 1 aromatic heterocycles. The van der Waals surface area contributed by atoms with E-state index in [1.807, 2.05) is 6.20 Å². The Morgan fingerprint density at radius 1 is 1.36 bits per heavy atom. The van der Waals surface area contributed by atoms with Crippen LogP contribution in [0.15, 0.2) is 6.20 Å². The van der Waals surface area contributed by atoms with Crippen molar-refractivity contribution in [2.45, 2.75) is 13.5 Å². The zero-order valence-electron chi connectivity index (χ0n) is 8.57. The Balaban J connectivity index is 1.79. The summed E-state index contributed by atoms with van der Waals surface area (Å²) >= 11 is 1.63. The van der Waals surface area contributed by atoms with E-state index in [9.17, 15) is 0 Å². The van der Waals surface area contributed by atoms with Crippen LogP contribution in [0, 0.1) is 5.51 Å². The van der Waals surface area contributed by atoms with E-state index in [1.54, 1.807) is 11.3 Å². The summed E-state index contributed by atoms with van der Waals surface area (Å²) in [4.78, 5) is 10.3. The van der Waals surface area contributed by atoms with Gasteiger partial charge >= 0.3 is 0 Å². The number of aromatic nitrogens is 1. The summed E-state index contributed by atoms with van der Waals surface area (Å²) in [5, 5.41) is 0. The van der Waals surface area contributed by atoms with Crippen LogP contribution in [0.4, 0.5) is 0 Å². The summed E-state index contributed by atoms with van der Waals surface area (Å²) < 4.78 is 0. The van der Waals surface area contributed by atoms with Gasteiger partial charge in [-0.2, -0.15) is 0 Å². The molecule has 1 fully saturated rings. The van der Waals surface area contributed by atoms with Crippen molar-refractivity contribution in [2.24, 2.45) is 0 Å². The first-order valence-corrected chi connectivity index (χ1v) is 5.95. The third-order valence-electron chi connectivity index (χ3n) is 2.73. The zero-order chi connectivity index (χ0) is 9.80. The van der Waals surface area contributed by atoms with Crippen molar-refractivity contribution in [1.82, 2.24) is 14.8 Å². The Morgan fingerprint density at radius 3 is 2.64 bits per heavy atom. The molecule has 0 aliphatic carbocycles. The number of piperazine rings is 1. The summed E-state index contributed by atoms with van der Waals surface area (Å²) in [6.45, 7) is 9.25. The van der Waals surface area contributed by atoms with E-state index < -0.39 is 0 Å². The smallest absolute Gasteiger partial charge is 0.152 e. The van der Waals surface area contributed by atoms with Crippen LogP contribution in [0.25, 0.3) is 0 Å². The quantitative estimate of drug-likeness (QED) is 0.744. The van der Waals surface area contributed by atoms with Crippen molar-refractivity contribution in [1.29, 1.82) is 0 Å². The van der Waals surface area contributed by atoms with E-state index in [4.69, 9.17) is 0 Å². The fourth-order valence-corrected chi connectivity index (χ4v) is 2.34. The Morgan fingerprint density at radius 2 is 2.07 bits per heavy atom. The number of likely N-dealkylation sites (N-methyl/N-ethyl adjacent to an activating group) is 1. The number of rotatable bonds is 3. The maximum Gasteiger partial charge on any atom is 0.152 e. The van der Waals surface area contributed by atoms with Gasteiger partial charge in [0.2, 0.25) is 0 Å². The van der Waals surface area contributed by atoms with Crippen molar-refractivity contribution in [3.05, 3.63) is 16.6 Å². The van der Waals surface area contributed by atoms with Gasteiger partial charge in [-0.1, -0.05) is 6.92 Å². The normalized spacial score (nSPS) is 20.1. The van der Waals surface area contributed by atoms with E-state index in [-0.39, 0.29) is 0 Å². The minimum Gasteiger partial charge on any atom is -0.301 e. The molecule has 0 atom stereocenters. The molecule has 0 N–H and O–H groups in total. The van der Waals surface area contributed by atoms with E-state index in [1.165, 1.54) is 37.6 Å². The summed E-state index contributed by atoms with van der Waals surface area (Å²) in [6.07, 6.45) is 1.93. The molecule has 4 heteroatoms. The number of thiazole rings is 1. The van der Waals surface area contributed by atoms with Crippen LogP contribution in [-0.4, -0.2) is 47.5 Å². The summed E-state index contributed by atoms with van der Waals surface area (Å²) in [6, 6.07) is 0. The van der Waals surface area contributed by atoms with Crippen molar-refractivity contribution < 1.29 is 0 Å². The molecule has 77 valence electrons. The largest absolute Gasteiger partial charge is 0.301 e. The van der Waals surface area contributed by atoms with Crippen LogP contribution >= 0.6 is 11.3 Å². The highest BCUT2D eigenvalue weighted by Gasteiger charge is 2.15. The monoisotopic (exact) mass is 210 g/mol. The van der Waals surface area contributed by atoms with Crippen molar-refractivity contribution in [3.8, 4) is 0 Å². The first-order valence-electron chi connectivity index (χ1n) is 5.14. The fraction of sp³-hybridized carbons (Fsp3) is 0.700. The lowest BCUT2D eigenvalue weighted by Crippen LogP contribution is -2.45. The van der Waals surface area contributed by atoms with Gasteiger partial charge in [-0.3, -0.25) is 4.90 Å². The minimum absolute atomic E-state index is 1.05. The van der Waals surface area contributed by atoms with Gasteiger partial charge in [0.25, 0.3) is 0 Å². The van der Waals surface area contributed by atoms with Crippen LogP contribution in [0.3, 0.4) is 0 Å². The highest BCUT2D eigenvalue weighted by atomic mass is 32.1. The lowest BCUT2D eigenvalue weighted by Gasteiger charge is -2.33. The molecule has 1 radical (unpaired) electrons. The first-order chi connectivity index (χ1) is 6.88. The molecule has 14 heavy (non-hydrogen) atoms. The number of hydrogen-bond acceptors (Lipinski definition) is 4. The first kappa shape index (κ1) is 10.1. The Hall–Kier alpha value is -0.450. The summed E-state index contributed by atoms with van der Waals surface area (Å²) in [5.41, 5.74) is 2.89. The number of hydrogen-bond donors (Lipinski definition) is 0. The van der Waals surface area contributed by atoms with Crippen molar-refractivity contribution >= 4 is 11.3 Å². The van der Waals surface area contributed by atoms with Gasteiger partial charge in [0, 0.05) is 43.8 Å². The summed E-state index contributed by atoms with van der Waals surface area (Å²) in [5.74, 6) is 0. The average Bonchev–Trinajstić information content (AvgIpc) is 2.72. The van der Waals surface area contributed by atoms with Gasteiger partial charge in [-0.15, -0.1) is 11.3 Å². The molecule has 3 nitrogen and oxygen atoms in total. The van der Waals surface area contributed by atoms with Crippen LogP contribution < -0.4 is 0 Å². The zero-order valence-corrected chi connectivity index (χ0v) is 9.39. The predicted octanol–water partition coefficient (Wildman–Crippen LogP) is 1.08. The molecule has 0 bridgehead atoms. The summed E-state index contributed by atoms with van der Waals surface area (Å²) in [7, 11) is 0. The van der Waals surface area contributed by atoms with Gasteiger partial charge < -0.3 is 4.90 Å². The molecule has 1 saturated heterocycles. The molecule has 0 saturated carbocycles. The average molecular weight is 210 g/mol. The van der Waals surface area contributed by atoms with Crippen LogP contribution in [0.2, 0.25) is 0 Å². The third-order valence-corrected chi connectivity index (χ3v) is 3.42.